The molecule has 0 unspecified atom stereocenters. The molecule has 7 nitrogen and oxygen atoms in total. The van der Waals surface area contributed by atoms with Crippen molar-refractivity contribution in [2.75, 3.05) is 37.6 Å². The first-order valence-electron chi connectivity index (χ1n) is 13.4. The fraction of sp³-hybridized carbons (Fsp3) is 0.333. The lowest BCUT2D eigenvalue weighted by Gasteiger charge is -2.25. The van der Waals surface area contributed by atoms with Gasteiger partial charge in [-0.2, -0.15) is 4.31 Å². The number of aryl methyl sites for hydroxylation is 1. The molecule has 1 heterocycles. The van der Waals surface area contributed by atoms with E-state index in [1.165, 1.54) is 27.8 Å². The van der Waals surface area contributed by atoms with Crippen molar-refractivity contribution in [3.63, 3.8) is 0 Å². The minimum absolute atomic E-state index is 0.154. The second-order valence-electron chi connectivity index (χ2n) is 9.49. The predicted octanol–water partition coefficient (Wildman–Crippen LogP) is 6.46. The van der Waals surface area contributed by atoms with Crippen molar-refractivity contribution in [2.24, 2.45) is 0 Å². The molecule has 40 heavy (non-hydrogen) atoms. The van der Waals surface area contributed by atoms with E-state index in [-0.39, 0.29) is 17.3 Å². The summed E-state index contributed by atoms with van der Waals surface area (Å²) in [5, 5.41) is 1.22. The first-order valence-corrected chi connectivity index (χ1v) is 16.1. The summed E-state index contributed by atoms with van der Waals surface area (Å²) in [6.07, 6.45) is 0. The standard InChI is InChI=1S/C30H35ClN4O3S2/c1-5-33(6-2)17-18-35(30-32-28-22(4)19-25(31)20-27(28)39-30)29(36)24-13-15-26(16-14-24)40(37,38)34(7-3)21-23-11-9-8-10-12-23/h8-16,19-20H,5-7,17-18,21H2,1-4H3. The second kappa shape index (κ2) is 13.2. The Morgan fingerprint density at radius 1 is 0.925 bits per heavy atom. The van der Waals surface area contributed by atoms with E-state index in [0.29, 0.717) is 35.4 Å². The van der Waals surface area contributed by atoms with Crippen LogP contribution in [0.1, 0.15) is 42.3 Å². The second-order valence-corrected chi connectivity index (χ2v) is 12.9. The Bertz CT molecular complexity index is 1550. The van der Waals surface area contributed by atoms with Gasteiger partial charge >= 0.3 is 0 Å². The van der Waals surface area contributed by atoms with Crippen LogP contribution in [0.4, 0.5) is 5.13 Å². The number of thiazole rings is 1. The Morgan fingerprint density at radius 3 is 2.23 bits per heavy atom. The van der Waals surface area contributed by atoms with E-state index < -0.39 is 10.0 Å². The van der Waals surface area contributed by atoms with Crippen molar-refractivity contribution in [2.45, 2.75) is 39.1 Å². The van der Waals surface area contributed by atoms with Crippen molar-refractivity contribution in [1.29, 1.82) is 0 Å². The lowest BCUT2D eigenvalue weighted by molar-refractivity contribution is 0.0983. The first-order chi connectivity index (χ1) is 19.2. The molecule has 0 aliphatic heterocycles. The largest absolute Gasteiger partial charge is 0.302 e. The Kier molecular flexibility index (Phi) is 9.97. The van der Waals surface area contributed by atoms with Gasteiger partial charge in [-0.3, -0.25) is 9.69 Å². The molecule has 0 N–H and O–H groups in total. The van der Waals surface area contributed by atoms with E-state index in [4.69, 9.17) is 16.6 Å². The molecular formula is C30H35ClN4O3S2. The monoisotopic (exact) mass is 598 g/mol. The number of sulfonamides is 1. The van der Waals surface area contributed by atoms with Crippen LogP contribution in [0.5, 0.6) is 0 Å². The summed E-state index contributed by atoms with van der Waals surface area (Å²) in [7, 11) is -3.74. The predicted molar refractivity (Wildman–Crippen MR) is 165 cm³/mol. The van der Waals surface area contributed by atoms with Crippen LogP contribution in [-0.4, -0.2) is 61.2 Å². The SMILES string of the molecule is CCN(CC)CCN(C(=O)c1ccc(S(=O)(=O)N(CC)Cc2ccccc2)cc1)c1nc2c(C)cc(Cl)cc2s1. The average molecular weight is 599 g/mol. The average Bonchev–Trinajstić information content (AvgIpc) is 3.38. The van der Waals surface area contributed by atoms with E-state index in [2.05, 4.69) is 18.7 Å². The van der Waals surface area contributed by atoms with E-state index in [1.807, 2.05) is 56.3 Å². The minimum atomic E-state index is -3.74. The smallest absolute Gasteiger partial charge is 0.260 e. The number of hydrogen-bond acceptors (Lipinski definition) is 6. The van der Waals surface area contributed by atoms with Crippen LogP contribution in [-0.2, 0) is 16.6 Å². The molecule has 0 saturated heterocycles. The van der Waals surface area contributed by atoms with E-state index in [1.54, 1.807) is 17.0 Å². The first kappa shape index (κ1) is 30.1. The molecule has 1 amide bonds. The molecule has 0 radical (unpaired) electrons. The van der Waals surface area contributed by atoms with Gasteiger partial charge in [0.1, 0.15) is 0 Å². The van der Waals surface area contributed by atoms with Crippen LogP contribution in [0.2, 0.25) is 5.02 Å². The van der Waals surface area contributed by atoms with Crippen LogP contribution in [0.25, 0.3) is 10.2 Å². The maximum Gasteiger partial charge on any atom is 0.260 e. The third-order valence-corrected chi connectivity index (χ3v) is 10.1. The molecule has 1 aromatic heterocycles. The number of anilines is 1. The summed E-state index contributed by atoms with van der Waals surface area (Å²) in [4.78, 5) is 22.7. The van der Waals surface area contributed by atoms with Crippen molar-refractivity contribution >= 4 is 54.2 Å². The molecule has 0 spiro atoms. The number of carbonyl (C=O) groups is 1. The molecule has 0 fully saturated rings. The number of amides is 1. The molecule has 212 valence electrons. The van der Waals surface area contributed by atoms with Gasteiger partial charge in [0.2, 0.25) is 10.0 Å². The van der Waals surface area contributed by atoms with Gasteiger partial charge in [0.05, 0.1) is 15.1 Å². The maximum absolute atomic E-state index is 13.8. The van der Waals surface area contributed by atoms with Crippen molar-refractivity contribution in [3.05, 3.63) is 88.4 Å². The van der Waals surface area contributed by atoms with Gasteiger partial charge in [-0.25, -0.2) is 13.4 Å². The Labute approximate surface area is 246 Å². The fourth-order valence-corrected chi connectivity index (χ4v) is 7.43. The van der Waals surface area contributed by atoms with Crippen molar-refractivity contribution in [1.82, 2.24) is 14.2 Å². The van der Waals surface area contributed by atoms with Gasteiger partial charge in [0, 0.05) is 36.8 Å². The van der Waals surface area contributed by atoms with E-state index in [0.717, 1.165) is 34.4 Å². The highest BCUT2D eigenvalue weighted by Crippen LogP contribution is 2.34. The number of carbonyl (C=O) groups excluding carboxylic acids is 1. The van der Waals surface area contributed by atoms with Crippen LogP contribution in [0.15, 0.2) is 71.6 Å². The zero-order valence-electron chi connectivity index (χ0n) is 23.3. The Morgan fingerprint density at radius 2 is 1.60 bits per heavy atom. The van der Waals surface area contributed by atoms with Gasteiger partial charge in [-0.1, -0.05) is 74.0 Å². The molecule has 3 aromatic carbocycles. The van der Waals surface area contributed by atoms with E-state index in [9.17, 15) is 13.2 Å². The number of aromatic nitrogens is 1. The van der Waals surface area contributed by atoms with Crippen molar-refractivity contribution in [3.8, 4) is 0 Å². The summed E-state index contributed by atoms with van der Waals surface area (Å²) in [5.74, 6) is -0.226. The van der Waals surface area contributed by atoms with Crippen LogP contribution < -0.4 is 4.90 Å². The molecule has 4 rings (SSSR count). The van der Waals surface area contributed by atoms with Gasteiger partial charge in [0.25, 0.3) is 5.91 Å². The Hall–Kier alpha value is -2.82. The van der Waals surface area contributed by atoms with Gasteiger partial charge in [0.15, 0.2) is 5.13 Å². The van der Waals surface area contributed by atoms with Crippen LogP contribution in [0, 0.1) is 6.92 Å². The lowest BCUT2D eigenvalue weighted by Crippen LogP contribution is -2.39. The molecule has 0 aliphatic carbocycles. The number of rotatable bonds is 12. The molecule has 4 aromatic rings. The number of fused-ring (bicyclic) bond motifs is 1. The normalized spacial score (nSPS) is 12.0. The van der Waals surface area contributed by atoms with Gasteiger partial charge in [-0.05, 0) is 67.5 Å². The van der Waals surface area contributed by atoms with Crippen LogP contribution in [0.3, 0.4) is 0 Å². The summed E-state index contributed by atoms with van der Waals surface area (Å²) in [5.41, 5.74) is 3.09. The molecular weight excluding hydrogens is 564 g/mol. The molecule has 0 atom stereocenters. The van der Waals surface area contributed by atoms with E-state index >= 15 is 0 Å². The third-order valence-electron chi connectivity index (χ3n) is 6.94. The third kappa shape index (κ3) is 6.72. The molecule has 0 bridgehead atoms. The van der Waals surface area contributed by atoms with Gasteiger partial charge < -0.3 is 4.90 Å². The number of hydrogen-bond donors (Lipinski definition) is 0. The number of benzene rings is 3. The van der Waals surface area contributed by atoms with Gasteiger partial charge in [-0.15, -0.1) is 0 Å². The lowest BCUT2D eigenvalue weighted by atomic mass is 10.2. The number of nitrogens with zero attached hydrogens (tertiary/aromatic N) is 4. The molecule has 0 aliphatic rings. The quantitative estimate of drug-likeness (QED) is 0.187. The number of halogens is 1. The molecule has 10 heteroatoms. The highest BCUT2D eigenvalue weighted by Gasteiger charge is 2.26. The maximum atomic E-state index is 13.8. The van der Waals surface area contributed by atoms with Crippen LogP contribution >= 0.6 is 22.9 Å². The zero-order chi connectivity index (χ0) is 28.9. The summed E-state index contributed by atoms with van der Waals surface area (Å²) in [6.45, 7) is 11.4. The topological polar surface area (TPSA) is 73.8 Å². The minimum Gasteiger partial charge on any atom is -0.302 e. The highest BCUT2D eigenvalue weighted by atomic mass is 35.5. The summed E-state index contributed by atoms with van der Waals surface area (Å²) >= 11 is 7.71. The number of likely N-dealkylation sites (N-methyl/N-ethyl adjacent to an activating group) is 1. The fourth-order valence-electron chi connectivity index (χ4n) is 4.55. The van der Waals surface area contributed by atoms with Crippen molar-refractivity contribution < 1.29 is 13.2 Å². The zero-order valence-corrected chi connectivity index (χ0v) is 25.7. The summed E-state index contributed by atoms with van der Waals surface area (Å²) < 4.78 is 29.2. The molecule has 0 saturated carbocycles. The Balaban J connectivity index is 1.63. The summed E-state index contributed by atoms with van der Waals surface area (Å²) in [6, 6.07) is 19.4. The highest BCUT2D eigenvalue weighted by molar-refractivity contribution is 7.89.